The summed E-state index contributed by atoms with van der Waals surface area (Å²) in [7, 11) is 0. The quantitative estimate of drug-likeness (QED) is 0.806. The maximum absolute atomic E-state index is 12.5. The fourth-order valence-corrected chi connectivity index (χ4v) is 3.94. The molecule has 0 aromatic carbocycles. The van der Waals surface area contributed by atoms with Gasteiger partial charge in [-0.05, 0) is 19.1 Å². The normalized spacial score (nSPS) is 22.8. The molecule has 1 aliphatic heterocycles. The van der Waals surface area contributed by atoms with Crippen LogP contribution in [0, 0.1) is 11.8 Å². The highest BCUT2D eigenvalue weighted by Gasteiger charge is 2.29. The van der Waals surface area contributed by atoms with Gasteiger partial charge in [-0.3, -0.25) is 4.79 Å². The Labute approximate surface area is 122 Å². The molecule has 2 unspecified atom stereocenters. The van der Waals surface area contributed by atoms with E-state index in [1.165, 1.54) is 11.3 Å². The van der Waals surface area contributed by atoms with Crippen LogP contribution < -0.4 is 0 Å². The van der Waals surface area contributed by atoms with Crippen LogP contribution in [0.15, 0.2) is 12.1 Å². The summed E-state index contributed by atoms with van der Waals surface area (Å²) in [4.78, 5) is 16.0. The summed E-state index contributed by atoms with van der Waals surface area (Å²) in [6.45, 7) is 4.93. The fraction of sp³-hybridized carbons (Fsp3) is 0.500. The van der Waals surface area contributed by atoms with Gasteiger partial charge in [0.1, 0.15) is 6.61 Å². The predicted molar refractivity (Wildman–Crippen MR) is 80.7 cm³/mol. The first kappa shape index (κ1) is 14.4. The highest BCUT2D eigenvalue weighted by Crippen LogP contribution is 2.27. The first-order chi connectivity index (χ1) is 9.13. The van der Waals surface area contributed by atoms with Crippen LogP contribution in [-0.2, 0) is 0 Å². The van der Waals surface area contributed by atoms with Crippen LogP contribution in [0.1, 0.15) is 28.4 Å². The Bertz CT molecular complexity index is 515. The Morgan fingerprint density at radius 2 is 2.32 bits per heavy atom. The van der Waals surface area contributed by atoms with E-state index in [1.54, 1.807) is 0 Å². The summed E-state index contributed by atoms with van der Waals surface area (Å²) >= 11 is 3.31. The lowest BCUT2D eigenvalue weighted by Gasteiger charge is -2.37. The Hall–Kier alpha value is -0.960. The average Bonchev–Trinajstić information content (AvgIpc) is 2.87. The molecule has 1 aliphatic rings. The molecule has 2 atom stereocenters. The molecule has 2 rings (SSSR count). The van der Waals surface area contributed by atoms with Gasteiger partial charge in [0, 0.05) is 23.6 Å². The lowest BCUT2D eigenvalue weighted by Crippen LogP contribution is -2.47. The third kappa shape index (κ3) is 3.33. The van der Waals surface area contributed by atoms with Gasteiger partial charge < -0.3 is 10.0 Å². The van der Waals surface area contributed by atoms with Crippen LogP contribution in [0.4, 0.5) is 0 Å². The SMILES string of the molecule is CC1SCCN(C(=O)c2ccc(C#CCO)s2)C1C. The summed E-state index contributed by atoms with van der Waals surface area (Å²) in [6.07, 6.45) is 0. The van der Waals surface area contributed by atoms with E-state index in [0.717, 1.165) is 22.1 Å². The second-order valence-electron chi connectivity index (χ2n) is 4.44. The van der Waals surface area contributed by atoms with Crippen molar-refractivity contribution >= 4 is 29.0 Å². The molecule has 1 N–H and O–H groups in total. The number of aliphatic hydroxyl groups excluding tert-OH is 1. The zero-order valence-electron chi connectivity index (χ0n) is 11.0. The van der Waals surface area contributed by atoms with Crippen molar-refractivity contribution in [2.24, 2.45) is 0 Å². The van der Waals surface area contributed by atoms with Crippen molar-refractivity contribution in [1.82, 2.24) is 4.90 Å². The predicted octanol–water partition coefficient (Wildman–Crippen LogP) is 2.06. The molecular weight excluding hydrogens is 278 g/mol. The number of hydrogen-bond donors (Lipinski definition) is 1. The Morgan fingerprint density at radius 1 is 1.53 bits per heavy atom. The number of carbonyl (C=O) groups excluding carboxylic acids is 1. The van der Waals surface area contributed by atoms with E-state index in [4.69, 9.17) is 5.11 Å². The number of thiophene rings is 1. The van der Waals surface area contributed by atoms with Crippen LogP contribution in [-0.4, -0.2) is 46.1 Å². The van der Waals surface area contributed by atoms with Gasteiger partial charge in [0.2, 0.25) is 0 Å². The van der Waals surface area contributed by atoms with Crippen molar-refractivity contribution in [1.29, 1.82) is 0 Å². The molecule has 2 heterocycles. The molecule has 0 radical (unpaired) electrons. The van der Waals surface area contributed by atoms with Crippen molar-refractivity contribution < 1.29 is 9.90 Å². The van der Waals surface area contributed by atoms with Crippen molar-refractivity contribution in [2.75, 3.05) is 18.9 Å². The van der Waals surface area contributed by atoms with E-state index >= 15 is 0 Å². The smallest absolute Gasteiger partial charge is 0.264 e. The number of amides is 1. The average molecular weight is 295 g/mol. The van der Waals surface area contributed by atoms with E-state index in [9.17, 15) is 4.79 Å². The number of aliphatic hydroxyl groups is 1. The second-order valence-corrected chi connectivity index (χ2v) is 7.01. The van der Waals surface area contributed by atoms with Crippen LogP contribution in [0.2, 0.25) is 0 Å². The molecule has 1 amide bonds. The minimum atomic E-state index is -0.154. The summed E-state index contributed by atoms with van der Waals surface area (Å²) in [5.41, 5.74) is 0. The summed E-state index contributed by atoms with van der Waals surface area (Å²) in [6, 6.07) is 3.93. The van der Waals surface area contributed by atoms with Gasteiger partial charge in [-0.25, -0.2) is 0 Å². The molecule has 19 heavy (non-hydrogen) atoms. The van der Waals surface area contributed by atoms with Gasteiger partial charge in [-0.2, -0.15) is 11.8 Å². The van der Waals surface area contributed by atoms with Gasteiger partial charge in [-0.1, -0.05) is 18.8 Å². The molecule has 5 heteroatoms. The first-order valence-corrected chi connectivity index (χ1v) is 8.12. The van der Waals surface area contributed by atoms with Gasteiger partial charge in [0.05, 0.1) is 9.75 Å². The lowest BCUT2D eigenvalue weighted by atomic mass is 10.2. The summed E-state index contributed by atoms with van der Waals surface area (Å²) in [5.74, 6) is 6.53. The maximum atomic E-state index is 12.5. The minimum Gasteiger partial charge on any atom is -0.384 e. The van der Waals surface area contributed by atoms with Gasteiger partial charge >= 0.3 is 0 Å². The first-order valence-electron chi connectivity index (χ1n) is 6.25. The molecular formula is C14H17NO2S2. The molecule has 102 valence electrons. The number of thioether (sulfide) groups is 1. The summed E-state index contributed by atoms with van der Waals surface area (Å²) in [5, 5.41) is 9.14. The minimum absolute atomic E-state index is 0.0988. The number of nitrogens with zero attached hydrogens (tertiary/aromatic N) is 1. The molecule has 1 aromatic heterocycles. The Balaban J connectivity index is 2.12. The zero-order valence-corrected chi connectivity index (χ0v) is 12.7. The van der Waals surface area contributed by atoms with E-state index in [-0.39, 0.29) is 18.6 Å². The largest absolute Gasteiger partial charge is 0.384 e. The van der Waals surface area contributed by atoms with E-state index in [1.807, 2.05) is 28.8 Å². The van der Waals surface area contributed by atoms with Gasteiger partial charge in [-0.15, -0.1) is 11.3 Å². The van der Waals surface area contributed by atoms with Crippen molar-refractivity contribution in [3.8, 4) is 11.8 Å². The van der Waals surface area contributed by atoms with Crippen molar-refractivity contribution in [3.63, 3.8) is 0 Å². The molecule has 0 saturated carbocycles. The third-order valence-corrected chi connectivity index (χ3v) is 5.58. The molecule has 0 spiro atoms. The molecule has 1 saturated heterocycles. The lowest BCUT2D eigenvalue weighted by molar-refractivity contribution is 0.0703. The fourth-order valence-electron chi connectivity index (χ4n) is 2.01. The molecule has 0 aliphatic carbocycles. The van der Waals surface area contributed by atoms with E-state index in [2.05, 4.69) is 25.7 Å². The van der Waals surface area contributed by atoms with Crippen molar-refractivity contribution in [3.05, 3.63) is 21.9 Å². The number of carbonyl (C=O) groups is 1. The van der Waals surface area contributed by atoms with Crippen LogP contribution >= 0.6 is 23.1 Å². The van der Waals surface area contributed by atoms with Crippen molar-refractivity contribution in [2.45, 2.75) is 25.1 Å². The molecule has 0 bridgehead atoms. The van der Waals surface area contributed by atoms with Crippen LogP contribution in [0.25, 0.3) is 0 Å². The van der Waals surface area contributed by atoms with Crippen LogP contribution in [0.5, 0.6) is 0 Å². The van der Waals surface area contributed by atoms with Crippen LogP contribution in [0.3, 0.4) is 0 Å². The zero-order chi connectivity index (χ0) is 13.8. The maximum Gasteiger partial charge on any atom is 0.264 e. The van der Waals surface area contributed by atoms with Gasteiger partial charge in [0.15, 0.2) is 0 Å². The standard InChI is InChI=1S/C14H17NO2S2/c1-10-11(2)18-9-7-15(10)14(17)13-6-5-12(19-13)4-3-8-16/h5-6,10-11,16H,7-9H2,1-2H3. The molecule has 3 nitrogen and oxygen atoms in total. The molecule has 1 aromatic rings. The highest BCUT2D eigenvalue weighted by molar-refractivity contribution is 8.00. The topological polar surface area (TPSA) is 40.5 Å². The molecule has 1 fully saturated rings. The number of hydrogen-bond acceptors (Lipinski definition) is 4. The monoisotopic (exact) mass is 295 g/mol. The van der Waals surface area contributed by atoms with E-state index < -0.39 is 0 Å². The Kier molecular flexibility index (Phi) is 4.92. The summed E-state index contributed by atoms with van der Waals surface area (Å²) < 4.78 is 0. The Morgan fingerprint density at radius 3 is 3.05 bits per heavy atom. The van der Waals surface area contributed by atoms with E-state index in [0.29, 0.717) is 5.25 Å². The third-order valence-electron chi connectivity index (χ3n) is 3.25. The second kappa shape index (κ2) is 6.47. The van der Waals surface area contributed by atoms with Gasteiger partial charge in [0.25, 0.3) is 5.91 Å². The number of rotatable bonds is 1. The highest BCUT2D eigenvalue weighted by atomic mass is 32.2.